The van der Waals surface area contributed by atoms with Crippen molar-refractivity contribution in [1.29, 1.82) is 0 Å². The largest absolute Gasteiger partial charge is 0.314 e. The van der Waals surface area contributed by atoms with Crippen LogP contribution in [-0.4, -0.2) is 36.6 Å². The normalized spacial score (nSPS) is 35.1. The average Bonchev–Trinajstić information content (AvgIpc) is 2.91. The fourth-order valence-electron chi connectivity index (χ4n) is 2.77. The van der Waals surface area contributed by atoms with Gasteiger partial charge in [-0.3, -0.25) is 4.90 Å². The van der Waals surface area contributed by atoms with Crippen molar-refractivity contribution in [3.05, 3.63) is 0 Å². The molecule has 2 heteroatoms. The Morgan fingerprint density at radius 3 is 2.71 bits per heavy atom. The molecule has 82 valence electrons. The van der Waals surface area contributed by atoms with E-state index in [2.05, 4.69) is 31.0 Å². The van der Waals surface area contributed by atoms with E-state index in [-0.39, 0.29) is 0 Å². The lowest BCUT2D eigenvalue weighted by Gasteiger charge is -2.46. The molecule has 1 aliphatic heterocycles. The Hall–Kier alpha value is -0.0800. The lowest BCUT2D eigenvalue weighted by Crippen LogP contribution is -2.61. The molecule has 0 aromatic carbocycles. The van der Waals surface area contributed by atoms with Crippen molar-refractivity contribution in [1.82, 2.24) is 10.2 Å². The van der Waals surface area contributed by atoms with Crippen LogP contribution in [-0.2, 0) is 0 Å². The van der Waals surface area contributed by atoms with Gasteiger partial charge in [0.15, 0.2) is 0 Å². The van der Waals surface area contributed by atoms with E-state index in [9.17, 15) is 0 Å². The van der Waals surface area contributed by atoms with Crippen LogP contribution in [0, 0.1) is 11.8 Å². The summed E-state index contributed by atoms with van der Waals surface area (Å²) in [6, 6.07) is 0. The van der Waals surface area contributed by atoms with E-state index in [4.69, 9.17) is 0 Å². The molecular weight excluding hydrogens is 172 g/mol. The summed E-state index contributed by atoms with van der Waals surface area (Å²) >= 11 is 0. The second-order valence-corrected chi connectivity index (χ2v) is 5.65. The first-order chi connectivity index (χ1) is 6.63. The van der Waals surface area contributed by atoms with Crippen molar-refractivity contribution in [2.75, 3.05) is 26.2 Å². The summed E-state index contributed by atoms with van der Waals surface area (Å²) in [7, 11) is 0. The van der Waals surface area contributed by atoms with Crippen LogP contribution in [0.25, 0.3) is 0 Å². The van der Waals surface area contributed by atoms with E-state index >= 15 is 0 Å². The molecule has 1 unspecified atom stereocenters. The highest BCUT2D eigenvalue weighted by molar-refractivity contribution is 5.03. The molecule has 1 heterocycles. The van der Waals surface area contributed by atoms with Gasteiger partial charge in [0, 0.05) is 31.7 Å². The molecule has 1 atom stereocenters. The summed E-state index contributed by atoms with van der Waals surface area (Å²) < 4.78 is 0. The maximum atomic E-state index is 3.56. The van der Waals surface area contributed by atoms with Crippen molar-refractivity contribution in [3.8, 4) is 0 Å². The van der Waals surface area contributed by atoms with Crippen LogP contribution in [0.15, 0.2) is 0 Å². The van der Waals surface area contributed by atoms with Crippen molar-refractivity contribution in [3.63, 3.8) is 0 Å². The van der Waals surface area contributed by atoms with Crippen LogP contribution in [0.2, 0.25) is 0 Å². The fraction of sp³-hybridized carbons (Fsp3) is 1.00. The van der Waals surface area contributed by atoms with Gasteiger partial charge in [-0.25, -0.2) is 0 Å². The second-order valence-electron chi connectivity index (χ2n) is 5.65. The third-order valence-corrected chi connectivity index (χ3v) is 3.81. The molecule has 0 amide bonds. The summed E-state index contributed by atoms with van der Waals surface area (Å²) in [5, 5.41) is 3.56. The summed E-state index contributed by atoms with van der Waals surface area (Å²) in [6.45, 7) is 12.0. The Morgan fingerprint density at radius 1 is 1.43 bits per heavy atom. The topological polar surface area (TPSA) is 15.3 Å². The smallest absolute Gasteiger partial charge is 0.0334 e. The molecule has 0 bridgehead atoms. The molecule has 0 radical (unpaired) electrons. The lowest BCUT2D eigenvalue weighted by molar-refractivity contribution is 0.0454. The minimum absolute atomic E-state index is 0.461. The Balaban J connectivity index is 2.02. The second kappa shape index (κ2) is 3.82. The molecule has 1 aliphatic carbocycles. The van der Waals surface area contributed by atoms with E-state index in [0.717, 1.165) is 11.8 Å². The van der Waals surface area contributed by atoms with Gasteiger partial charge in [0.25, 0.3) is 0 Å². The van der Waals surface area contributed by atoms with E-state index < -0.39 is 0 Å². The molecule has 2 nitrogen and oxygen atoms in total. The molecule has 2 fully saturated rings. The van der Waals surface area contributed by atoms with Crippen molar-refractivity contribution in [2.45, 2.75) is 39.2 Å². The zero-order valence-corrected chi connectivity index (χ0v) is 9.84. The van der Waals surface area contributed by atoms with E-state index in [1.54, 1.807) is 0 Å². The minimum atomic E-state index is 0.461. The van der Waals surface area contributed by atoms with Crippen molar-refractivity contribution < 1.29 is 0 Å². The highest BCUT2D eigenvalue weighted by Crippen LogP contribution is 2.43. The molecule has 2 aliphatic rings. The first-order valence-electron chi connectivity index (χ1n) is 6.08. The maximum Gasteiger partial charge on any atom is 0.0334 e. The van der Waals surface area contributed by atoms with Crippen molar-refractivity contribution >= 4 is 0 Å². The Kier molecular flexibility index (Phi) is 2.85. The van der Waals surface area contributed by atoms with E-state index in [1.165, 1.54) is 39.0 Å². The van der Waals surface area contributed by atoms with Crippen LogP contribution in [0.1, 0.15) is 33.6 Å². The third-order valence-electron chi connectivity index (χ3n) is 3.81. The van der Waals surface area contributed by atoms with E-state index in [0.29, 0.717) is 5.54 Å². The molecule has 0 spiro atoms. The van der Waals surface area contributed by atoms with Crippen LogP contribution < -0.4 is 5.32 Å². The zero-order chi connectivity index (χ0) is 10.2. The molecule has 1 saturated carbocycles. The summed E-state index contributed by atoms with van der Waals surface area (Å²) in [4.78, 5) is 2.73. The highest BCUT2D eigenvalue weighted by Gasteiger charge is 2.46. The van der Waals surface area contributed by atoms with Gasteiger partial charge in [-0.1, -0.05) is 13.8 Å². The molecule has 0 aromatic rings. The van der Waals surface area contributed by atoms with Crippen molar-refractivity contribution in [2.24, 2.45) is 11.8 Å². The van der Waals surface area contributed by atoms with Crippen LogP contribution in [0.3, 0.4) is 0 Å². The number of nitrogens with one attached hydrogen (secondary N) is 1. The molecule has 0 aromatic heterocycles. The Morgan fingerprint density at radius 2 is 2.14 bits per heavy atom. The molecule has 1 saturated heterocycles. The first-order valence-corrected chi connectivity index (χ1v) is 6.08. The Bertz CT molecular complexity index is 198. The monoisotopic (exact) mass is 196 g/mol. The first kappa shape index (κ1) is 10.4. The quantitative estimate of drug-likeness (QED) is 0.739. The van der Waals surface area contributed by atoms with Gasteiger partial charge in [0.2, 0.25) is 0 Å². The Labute approximate surface area is 88.1 Å². The van der Waals surface area contributed by atoms with E-state index in [1.807, 2.05) is 0 Å². The van der Waals surface area contributed by atoms with Gasteiger partial charge in [0.1, 0.15) is 0 Å². The maximum absolute atomic E-state index is 3.56. The molecular formula is C12H24N2. The summed E-state index contributed by atoms with van der Waals surface area (Å²) in [5.41, 5.74) is 0.461. The number of piperazine rings is 1. The fourth-order valence-corrected chi connectivity index (χ4v) is 2.77. The SMILES string of the molecule is CC(C)CN1CCNCC1(C)C1CC1. The summed E-state index contributed by atoms with van der Waals surface area (Å²) in [6.07, 6.45) is 2.90. The van der Waals surface area contributed by atoms with Gasteiger partial charge in [-0.15, -0.1) is 0 Å². The van der Waals surface area contributed by atoms with Crippen LogP contribution in [0.4, 0.5) is 0 Å². The van der Waals surface area contributed by atoms with Gasteiger partial charge in [-0.2, -0.15) is 0 Å². The predicted molar refractivity (Wildman–Crippen MR) is 60.4 cm³/mol. The lowest BCUT2D eigenvalue weighted by atomic mass is 9.90. The minimum Gasteiger partial charge on any atom is -0.314 e. The van der Waals surface area contributed by atoms with Gasteiger partial charge in [-0.05, 0) is 31.6 Å². The summed E-state index contributed by atoms with van der Waals surface area (Å²) in [5.74, 6) is 1.76. The number of hydrogen-bond donors (Lipinski definition) is 1. The molecule has 1 N–H and O–H groups in total. The van der Waals surface area contributed by atoms with Gasteiger partial charge in [0.05, 0.1) is 0 Å². The average molecular weight is 196 g/mol. The van der Waals surface area contributed by atoms with Gasteiger partial charge >= 0.3 is 0 Å². The van der Waals surface area contributed by atoms with Crippen LogP contribution >= 0.6 is 0 Å². The third kappa shape index (κ3) is 1.96. The standard InChI is InChI=1S/C12H24N2/c1-10(2)8-14-7-6-13-9-12(14,3)11-4-5-11/h10-11,13H,4-9H2,1-3H3. The molecule has 2 rings (SSSR count). The number of hydrogen-bond acceptors (Lipinski definition) is 2. The zero-order valence-electron chi connectivity index (χ0n) is 9.84. The highest BCUT2D eigenvalue weighted by atomic mass is 15.3. The number of nitrogens with zero attached hydrogens (tertiary/aromatic N) is 1. The number of rotatable bonds is 3. The van der Waals surface area contributed by atoms with Crippen LogP contribution in [0.5, 0.6) is 0 Å². The molecule has 14 heavy (non-hydrogen) atoms. The predicted octanol–water partition coefficient (Wildman–Crippen LogP) is 1.72. The van der Waals surface area contributed by atoms with Gasteiger partial charge < -0.3 is 5.32 Å².